The number of nitrogens with one attached hydrogen (secondary N) is 1. The Labute approximate surface area is 151 Å². The minimum atomic E-state index is -2.43. The average Bonchev–Trinajstić information content (AvgIpc) is 2.43. The summed E-state index contributed by atoms with van der Waals surface area (Å²) >= 11 is 23.8. The molecule has 0 spiro atoms. The number of benzene rings is 1. The van der Waals surface area contributed by atoms with Gasteiger partial charge in [0.05, 0.1) is 15.1 Å². The first-order valence-electron chi connectivity index (χ1n) is 6.16. The number of halogens is 5. The zero-order valence-electron chi connectivity index (χ0n) is 11.2. The lowest BCUT2D eigenvalue weighted by Crippen LogP contribution is -2.46. The Balaban J connectivity index is 2.59. The third kappa shape index (κ3) is 3.33. The molecule has 1 aliphatic carbocycles. The van der Waals surface area contributed by atoms with Crippen LogP contribution in [-0.2, 0) is 10.5 Å². The maximum Gasteiger partial charge on any atom is 0.318 e. The van der Waals surface area contributed by atoms with E-state index in [1.807, 2.05) is 5.32 Å². The molecule has 1 aromatic carbocycles. The van der Waals surface area contributed by atoms with Crippen LogP contribution in [0.4, 0.5) is 9.18 Å². The summed E-state index contributed by atoms with van der Waals surface area (Å²) in [5.41, 5.74) is 2.36. The van der Waals surface area contributed by atoms with Gasteiger partial charge in [0.2, 0.25) is 5.91 Å². The molecule has 4 nitrogen and oxygen atoms in total. The average molecular weight is 398 g/mol. The normalized spacial score (nSPS) is 23.3. The Kier molecular flexibility index (Phi) is 5.26. The van der Waals surface area contributed by atoms with Gasteiger partial charge in [-0.1, -0.05) is 58.5 Å². The molecule has 3 N–H and O–H groups in total. The summed E-state index contributed by atoms with van der Waals surface area (Å²) in [6, 6.07) is 1.51. The number of carbonyl (C=O) groups excluding carboxylic acids is 2. The third-order valence-electron chi connectivity index (χ3n) is 3.25. The number of imide groups is 1. The SMILES string of the molecule is NC(=O)NC(=O)C1C(Cl)=CC=CC1(F)c1ccc(Cl)c(Cl)c1Cl. The monoisotopic (exact) mass is 396 g/mol. The van der Waals surface area contributed by atoms with Crippen molar-refractivity contribution in [2.24, 2.45) is 11.7 Å². The fourth-order valence-corrected chi connectivity index (χ4v) is 3.26. The molecule has 9 heteroatoms. The lowest BCUT2D eigenvalue weighted by molar-refractivity contribution is -0.126. The zero-order valence-corrected chi connectivity index (χ0v) is 14.3. The maximum absolute atomic E-state index is 15.7. The van der Waals surface area contributed by atoms with Crippen molar-refractivity contribution in [2.45, 2.75) is 5.67 Å². The highest BCUT2D eigenvalue weighted by molar-refractivity contribution is 6.48. The highest BCUT2D eigenvalue weighted by atomic mass is 35.5. The molecule has 0 radical (unpaired) electrons. The quantitative estimate of drug-likeness (QED) is 0.729. The van der Waals surface area contributed by atoms with E-state index in [1.54, 1.807) is 0 Å². The molecule has 1 aromatic rings. The molecular weight excluding hydrogens is 389 g/mol. The Morgan fingerprint density at radius 1 is 1.17 bits per heavy atom. The van der Waals surface area contributed by atoms with Gasteiger partial charge in [0, 0.05) is 10.6 Å². The maximum atomic E-state index is 15.7. The molecule has 0 heterocycles. The van der Waals surface area contributed by atoms with Gasteiger partial charge in [0.25, 0.3) is 0 Å². The summed E-state index contributed by atoms with van der Waals surface area (Å²) in [5.74, 6) is -2.57. The van der Waals surface area contributed by atoms with Gasteiger partial charge in [0.1, 0.15) is 5.92 Å². The Bertz CT molecular complexity index is 751. The summed E-state index contributed by atoms with van der Waals surface area (Å²) in [4.78, 5) is 23.1. The first kappa shape index (κ1) is 18.1. The van der Waals surface area contributed by atoms with Crippen LogP contribution in [0, 0.1) is 5.92 Å². The van der Waals surface area contributed by atoms with Crippen LogP contribution in [0.3, 0.4) is 0 Å². The first-order valence-corrected chi connectivity index (χ1v) is 7.67. The molecule has 0 fully saturated rings. The minimum absolute atomic E-state index is 0.0593. The fourth-order valence-electron chi connectivity index (χ4n) is 2.25. The van der Waals surface area contributed by atoms with Gasteiger partial charge in [0.15, 0.2) is 5.67 Å². The van der Waals surface area contributed by atoms with Gasteiger partial charge in [-0.15, -0.1) is 0 Å². The van der Waals surface area contributed by atoms with Gasteiger partial charge in [-0.3, -0.25) is 10.1 Å². The van der Waals surface area contributed by atoms with Crippen molar-refractivity contribution in [1.82, 2.24) is 5.32 Å². The van der Waals surface area contributed by atoms with Crippen molar-refractivity contribution in [1.29, 1.82) is 0 Å². The topological polar surface area (TPSA) is 72.2 Å². The van der Waals surface area contributed by atoms with Gasteiger partial charge in [-0.05, 0) is 18.2 Å². The number of primary amides is 1. The molecule has 23 heavy (non-hydrogen) atoms. The van der Waals surface area contributed by atoms with Crippen LogP contribution in [-0.4, -0.2) is 11.9 Å². The molecule has 2 atom stereocenters. The van der Waals surface area contributed by atoms with E-state index in [2.05, 4.69) is 0 Å². The van der Waals surface area contributed by atoms with Crippen LogP contribution >= 0.6 is 46.4 Å². The molecule has 3 amide bonds. The molecule has 0 aliphatic heterocycles. The summed E-state index contributed by atoms with van der Waals surface area (Å²) in [6.45, 7) is 0. The van der Waals surface area contributed by atoms with E-state index in [4.69, 9.17) is 52.1 Å². The molecule has 122 valence electrons. The molecular formula is C14H9Cl4FN2O2. The second-order valence-corrected chi connectivity index (χ2v) is 6.29. The van der Waals surface area contributed by atoms with E-state index < -0.39 is 23.5 Å². The zero-order chi connectivity index (χ0) is 17.4. The van der Waals surface area contributed by atoms with E-state index in [0.717, 1.165) is 6.08 Å². The van der Waals surface area contributed by atoms with Crippen molar-refractivity contribution in [3.63, 3.8) is 0 Å². The summed E-state index contributed by atoms with van der Waals surface area (Å²) < 4.78 is 15.7. The summed E-state index contributed by atoms with van der Waals surface area (Å²) in [5, 5.41) is 1.59. The number of amides is 3. The van der Waals surface area contributed by atoms with Gasteiger partial charge < -0.3 is 5.73 Å². The van der Waals surface area contributed by atoms with E-state index in [9.17, 15) is 9.59 Å². The number of alkyl halides is 1. The summed E-state index contributed by atoms with van der Waals surface area (Å²) in [7, 11) is 0. The number of urea groups is 1. The van der Waals surface area contributed by atoms with E-state index in [1.165, 1.54) is 24.3 Å². The lowest BCUT2D eigenvalue weighted by Gasteiger charge is -2.33. The highest BCUT2D eigenvalue weighted by Crippen LogP contribution is 2.48. The van der Waals surface area contributed by atoms with E-state index in [-0.39, 0.29) is 25.7 Å². The van der Waals surface area contributed by atoms with Crippen LogP contribution in [0.2, 0.25) is 15.1 Å². The molecule has 0 aromatic heterocycles. The molecule has 2 rings (SSSR count). The van der Waals surface area contributed by atoms with Crippen LogP contribution < -0.4 is 11.1 Å². The van der Waals surface area contributed by atoms with E-state index in [0.29, 0.717) is 0 Å². The number of hydrogen-bond acceptors (Lipinski definition) is 2. The predicted octanol–water partition coefficient (Wildman–Crippen LogP) is 4.32. The van der Waals surface area contributed by atoms with Crippen molar-refractivity contribution in [2.75, 3.05) is 0 Å². The highest BCUT2D eigenvalue weighted by Gasteiger charge is 2.48. The summed E-state index contributed by atoms with van der Waals surface area (Å²) in [6.07, 6.45) is 3.75. The second-order valence-electron chi connectivity index (χ2n) is 4.69. The van der Waals surface area contributed by atoms with Crippen LogP contribution in [0.25, 0.3) is 0 Å². The third-order valence-corrected chi connectivity index (χ3v) is 4.88. The standard InChI is InChI=1S/C14H9Cl4FN2O2/c15-7-2-1-5-14(19,9(7)12(22)21-13(20)23)6-3-4-8(16)11(18)10(6)17/h1-5,9H,(H3,20,21,22,23). The number of nitrogens with two attached hydrogens (primary N) is 1. The molecule has 0 bridgehead atoms. The van der Waals surface area contributed by atoms with Crippen molar-refractivity contribution in [3.8, 4) is 0 Å². The minimum Gasteiger partial charge on any atom is -0.351 e. The van der Waals surface area contributed by atoms with Crippen molar-refractivity contribution >= 4 is 58.3 Å². The molecule has 2 unspecified atom stereocenters. The number of rotatable bonds is 2. The molecule has 1 aliphatic rings. The molecule has 0 saturated heterocycles. The molecule has 0 saturated carbocycles. The Morgan fingerprint density at radius 3 is 2.43 bits per heavy atom. The smallest absolute Gasteiger partial charge is 0.318 e. The van der Waals surface area contributed by atoms with Crippen LogP contribution in [0.1, 0.15) is 5.56 Å². The van der Waals surface area contributed by atoms with Gasteiger partial charge in [-0.2, -0.15) is 0 Å². The predicted molar refractivity (Wildman–Crippen MR) is 88.6 cm³/mol. The van der Waals surface area contributed by atoms with Crippen LogP contribution in [0.5, 0.6) is 0 Å². The largest absolute Gasteiger partial charge is 0.351 e. The Morgan fingerprint density at radius 2 is 1.83 bits per heavy atom. The van der Waals surface area contributed by atoms with Crippen molar-refractivity contribution < 1.29 is 14.0 Å². The van der Waals surface area contributed by atoms with E-state index >= 15 is 4.39 Å². The number of allylic oxidation sites excluding steroid dienone is 3. The fraction of sp³-hybridized carbons (Fsp3) is 0.143. The lowest BCUT2D eigenvalue weighted by atomic mass is 9.79. The van der Waals surface area contributed by atoms with Gasteiger partial charge in [-0.25, -0.2) is 9.18 Å². The van der Waals surface area contributed by atoms with Crippen LogP contribution in [0.15, 0.2) is 35.4 Å². The second kappa shape index (κ2) is 6.69. The van der Waals surface area contributed by atoms with Gasteiger partial charge >= 0.3 is 6.03 Å². The van der Waals surface area contributed by atoms with Crippen molar-refractivity contribution in [3.05, 3.63) is 56.0 Å². The Hall–Kier alpha value is -1.27. The first-order chi connectivity index (χ1) is 10.7. The number of hydrogen-bond donors (Lipinski definition) is 2. The number of carbonyl (C=O) groups is 2.